The second-order valence-electron chi connectivity index (χ2n) is 9.01. The van der Waals surface area contributed by atoms with E-state index in [2.05, 4.69) is 14.7 Å². The standard InChI is InChI=1S/C23H30F3N7O2S/c1-36-29-20-6-9-33(28-20)22(35)32-12-10-30(11-13-32)15-16-2-3-18(23(24,25)26)19(14-16)31-7-4-17(5-8-31)21(27)34/h2-3,6,9,14,17H,4-5,7-8,10-13,15H2,1H3,(H2,27,34)(H,28,29). The van der Waals surface area contributed by atoms with Gasteiger partial charge in [-0.2, -0.15) is 17.9 Å². The minimum absolute atomic E-state index is 0.144. The number of alkyl halides is 3. The summed E-state index contributed by atoms with van der Waals surface area (Å²) in [5.74, 6) is -0.0963. The highest BCUT2D eigenvalue weighted by atomic mass is 32.2. The lowest BCUT2D eigenvalue weighted by Crippen LogP contribution is -2.49. The molecule has 0 bridgehead atoms. The maximum atomic E-state index is 13.7. The van der Waals surface area contributed by atoms with E-state index in [1.807, 2.05) is 6.26 Å². The third-order valence-electron chi connectivity index (χ3n) is 6.65. The topological polar surface area (TPSA) is 99.7 Å². The van der Waals surface area contributed by atoms with Crippen LogP contribution in [0.15, 0.2) is 30.5 Å². The predicted octanol–water partition coefficient (Wildman–Crippen LogP) is 3.08. The van der Waals surface area contributed by atoms with Gasteiger partial charge in [0.25, 0.3) is 0 Å². The van der Waals surface area contributed by atoms with E-state index in [0.717, 1.165) is 11.6 Å². The molecule has 0 atom stereocenters. The Morgan fingerprint density at radius 1 is 1.11 bits per heavy atom. The Hall–Kier alpha value is -2.93. The highest BCUT2D eigenvalue weighted by Crippen LogP contribution is 2.38. The number of nitrogens with zero attached hydrogens (tertiary/aromatic N) is 5. The van der Waals surface area contributed by atoms with Gasteiger partial charge in [-0.1, -0.05) is 18.0 Å². The second kappa shape index (κ2) is 11.0. The van der Waals surface area contributed by atoms with Crippen LogP contribution < -0.4 is 15.4 Å². The van der Waals surface area contributed by atoms with Gasteiger partial charge < -0.3 is 20.3 Å². The Morgan fingerprint density at radius 3 is 2.42 bits per heavy atom. The van der Waals surface area contributed by atoms with Gasteiger partial charge in [-0.3, -0.25) is 9.69 Å². The molecule has 13 heteroatoms. The lowest BCUT2D eigenvalue weighted by Gasteiger charge is -2.36. The molecule has 9 nitrogen and oxygen atoms in total. The van der Waals surface area contributed by atoms with Gasteiger partial charge in [0.05, 0.1) is 5.56 Å². The van der Waals surface area contributed by atoms with E-state index in [9.17, 15) is 22.8 Å². The number of amides is 2. The van der Waals surface area contributed by atoms with Gasteiger partial charge >= 0.3 is 12.2 Å². The number of nitrogens with two attached hydrogens (primary N) is 1. The van der Waals surface area contributed by atoms with Crippen LogP contribution >= 0.6 is 11.9 Å². The van der Waals surface area contributed by atoms with Crippen LogP contribution in [0, 0.1) is 5.92 Å². The molecule has 0 aliphatic carbocycles. The second-order valence-corrected chi connectivity index (χ2v) is 9.62. The van der Waals surface area contributed by atoms with Crippen molar-refractivity contribution in [2.45, 2.75) is 25.6 Å². The minimum Gasteiger partial charge on any atom is -0.371 e. The maximum Gasteiger partial charge on any atom is 0.418 e. The number of piperidine rings is 1. The molecule has 196 valence electrons. The Labute approximate surface area is 211 Å². The number of carbonyl (C=O) groups excluding carboxylic acids is 2. The molecule has 36 heavy (non-hydrogen) atoms. The first-order valence-electron chi connectivity index (χ1n) is 11.8. The first-order valence-corrected chi connectivity index (χ1v) is 13.0. The zero-order valence-electron chi connectivity index (χ0n) is 20.0. The molecule has 0 unspecified atom stereocenters. The third-order valence-corrected chi connectivity index (χ3v) is 7.06. The molecule has 2 amide bonds. The number of hydrogen-bond donors (Lipinski definition) is 2. The zero-order valence-corrected chi connectivity index (χ0v) is 20.8. The summed E-state index contributed by atoms with van der Waals surface area (Å²) in [6.07, 6.45) is -0.108. The highest BCUT2D eigenvalue weighted by Gasteiger charge is 2.36. The first-order chi connectivity index (χ1) is 17.2. The van der Waals surface area contributed by atoms with Crippen molar-refractivity contribution in [3.63, 3.8) is 0 Å². The number of aromatic nitrogens is 2. The highest BCUT2D eigenvalue weighted by molar-refractivity contribution is 7.99. The number of benzene rings is 1. The van der Waals surface area contributed by atoms with Crippen molar-refractivity contribution >= 4 is 35.4 Å². The summed E-state index contributed by atoms with van der Waals surface area (Å²) in [4.78, 5) is 29.7. The van der Waals surface area contributed by atoms with Crippen LogP contribution in [0.25, 0.3) is 0 Å². The van der Waals surface area contributed by atoms with Crippen LogP contribution in [-0.2, 0) is 17.5 Å². The Morgan fingerprint density at radius 2 is 1.81 bits per heavy atom. The van der Waals surface area contributed by atoms with E-state index in [1.54, 1.807) is 28.1 Å². The van der Waals surface area contributed by atoms with Gasteiger partial charge in [0.1, 0.15) is 0 Å². The van der Waals surface area contributed by atoms with Gasteiger partial charge in [-0.25, -0.2) is 4.79 Å². The molecule has 1 aromatic carbocycles. The Bertz CT molecular complexity index is 1080. The number of primary amides is 1. The van der Waals surface area contributed by atoms with Crippen molar-refractivity contribution in [2.75, 3.05) is 55.1 Å². The fourth-order valence-corrected chi connectivity index (χ4v) is 4.99. The lowest BCUT2D eigenvalue weighted by atomic mass is 9.95. The quantitative estimate of drug-likeness (QED) is 0.559. The van der Waals surface area contributed by atoms with Crippen molar-refractivity contribution in [3.05, 3.63) is 41.6 Å². The number of carbonyl (C=O) groups is 2. The summed E-state index contributed by atoms with van der Waals surface area (Å²) >= 11 is 1.39. The van der Waals surface area contributed by atoms with Gasteiger partial charge in [0, 0.05) is 75.9 Å². The molecule has 2 aliphatic rings. The van der Waals surface area contributed by atoms with Crippen molar-refractivity contribution in [1.29, 1.82) is 0 Å². The van der Waals surface area contributed by atoms with Crippen LogP contribution in [0.4, 0.5) is 29.5 Å². The van der Waals surface area contributed by atoms with Crippen molar-refractivity contribution in [3.8, 4) is 0 Å². The van der Waals surface area contributed by atoms with Crippen molar-refractivity contribution in [1.82, 2.24) is 19.6 Å². The van der Waals surface area contributed by atoms with Crippen LogP contribution in [0.2, 0.25) is 0 Å². The fourth-order valence-electron chi connectivity index (χ4n) is 4.67. The molecule has 1 aromatic heterocycles. The van der Waals surface area contributed by atoms with Gasteiger partial charge in [-0.15, -0.1) is 5.10 Å². The molecule has 2 fully saturated rings. The molecular formula is C23H30F3N7O2S. The summed E-state index contributed by atoms with van der Waals surface area (Å²) in [7, 11) is 0. The molecule has 0 radical (unpaired) electrons. The Kier molecular flexibility index (Phi) is 7.98. The molecular weight excluding hydrogens is 495 g/mol. The fraction of sp³-hybridized carbons (Fsp3) is 0.522. The third kappa shape index (κ3) is 6.06. The molecule has 0 saturated carbocycles. The minimum atomic E-state index is -4.47. The molecule has 0 spiro atoms. The van der Waals surface area contributed by atoms with E-state index in [1.165, 1.54) is 22.7 Å². The predicted molar refractivity (Wildman–Crippen MR) is 133 cm³/mol. The molecule has 3 N–H and O–H groups in total. The van der Waals surface area contributed by atoms with Crippen molar-refractivity contribution < 1.29 is 22.8 Å². The number of piperazine rings is 1. The SMILES string of the molecule is CSNc1ccn(C(=O)N2CCN(Cc3ccc(C(F)(F)F)c(N4CCC(C(N)=O)CC4)c3)CC2)n1. The zero-order chi connectivity index (χ0) is 25.9. The largest absolute Gasteiger partial charge is 0.418 e. The van der Waals surface area contributed by atoms with E-state index in [4.69, 9.17) is 5.73 Å². The summed E-state index contributed by atoms with van der Waals surface area (Å²) in [5, 5.41) is 4.22. The Balaban J connectivity index is 1.39. The van der Waals surface area contributed by atoms with Crippen LogP contribution in [0.3, 0.4) is 0 Å². The monoisotopic (exact) mass is 525 g/mol. The van der Waals surface area contributed by atoms with E-state index >= 15 is 0 Å². The van der Waals surface area contributed by atoms with Gasteiger partial charge in [0.15, 0.2) is 5.82 Å². The van der Waals surface area contributed by atoms with Crippen LogP contribution in [0.5, 0.6) is 0 Å². The summed E-state index contributed by atoms with van der Waals surface area (Å²) in [6.45, 7) is 3.38. The summed E-state index contributed by atoms with van der Waals surface area (Å²) in [5.41, 5.74) is 5.62. The van der Waals surface area contributed by atoms with E-state index < -0.39 is 17.6 Å². The maximum absolute atomic E-state index is 13.7. The smallest absolute Gasteiger partial charge is 0.371 e. The molecule has 2 aromatic rings. The lowest BCUT2D eigenvalue weighted by molar-refractivity contribution is -0.137. The molecule has 3 heterocycles. The number of anilines is 2. The number of rotatable bonds is 6. The average molecular weight is 526 g/mol. The average Bonchev–Trinajstić information content (AvgIpc) is 3.32. The summed E-state index contributed by atoms with van der Waals surface area (Å²) < 4.78 is 45.5. The van der Waals surface area contributed by atoms with Gasteiger partial charge in [-0.05, 0) is 30.5 Å². The van der Waals surface area contributed by atoms with E-state index in [0.29, 0.717) is 64.5 Å². The molecule has 4 rings (SSSR count). The van der Waals surface area contributed by atoms with Crippen molar-refractivity contribution in [2.24, 2.45) is 11.7 Å². The summed E-state index contributed by atoms with van der Waals surface area (Å²) in [6, 6.07) is 5.78. The van der Waals surface area contributed by atoms with Crippen LogP contribution in [-0.4, -0.2) is 77.0 Å². The van der Waals surface area contributed by atoms with Gasteiger partial charge in [0.2, 0.25) is 5.91 Å². The number of halogens is 3. The first kappa shape index (κ1) is 26.1. The van der Waals surface area contributed by atoms with Crippen LogP contribution in [0.1, 0.15) is 24.0 Å². The normalized spacial score (nSPS) is 17.9. The van der Waals surface area contributed by atoms with E-state index in [-0.39, 0.29) is 17.6 Å². The molecule has 2 saturated heterocycles. The number of nitrogens with one attached hydrogen (secondary N) is 1. The number of hydrogen-bond acceptors (Lipinski definition) is 7. The molecule has 2 aliphatic heterocycles.